The van der Waals surface area contributed by atoms with Crippen molar-refractivity contribution in [3.8, 4) is 29.4 Å². The molecule has 0 saturated heterocycles. The van der Waals surface area contributed by atoms with Crippen LogP contribution in [0.2, 0.25) is 0 Å². The van der Waals surface area contributed by atoms with Crippen LogP contribution in [0.5, 0.6) is 11.5 Å². The van der Waals surface area contributed by atoms with Gasteiger partial charge in [-0.15, -0.1) is 0 Å². The number of hydrogen-bond acceptors (Lipinski definition) is 6. The summed E-state index contributed by atoms with van der Waals surface area (Å²) in [7, 11) is 4.93. The summed E-state index contributed by atoms with van der Waals surface area (Å²) in [5.41, 5.74) is 2.23. The summed E-state index contributed by atoms with van der Waals surface area (Å²) in [4.78, 5) is 4.24. The minimum atomic E-state index is 0.390. The maximum absolute atomic E-state index is 9.20. The minimum Gasteiger partial charge on any atom is -0.497 e. The number of benzene rings is 1. The van der Waals surface area contributed by atoms with Crippen LogP contribution in [0.15, 0.2) is 24.4 Å². The van der Waals surface area contributed by atoms with Gasteiger partial charge in [0.1, 0.15) is 34.6 Å². The molecule has 2 aromatic heterocycles. The van der Waals surface area contributed by atoms with E-state index in [1.54, 1.807) is 27.3 Å². The fourth-order valence-electron chi connectivity index (χ4n) is 2.40. The molecule has 0 aliphatic heterocycles. The molecule has 2 heterocycles. The molecule has 0 amide bonds. The first-order chi connectivity index (χ1) is 12.2. The highest BCUT2D eigenvalue weighted by molar-refractivity contribution is 5.96. The van der Waals surface area contributed by atoms with E-state index in [9.17, 15) is 5.26 Å². The Hall–Kier alpha value is -3.71. The number of anilines is 1. The predicted octanol–water partition coefficient (Wildman–Crippen LogP) is 2.29. The molecule has 0 unspecified atom stereocenters. The number of ether oxygens (including phenoxy) is 2. The Kier molecular flexibility index (Phi) is 4.40. The van der Waals surface area contributed by atoms with Crippen LogP contribution >= 0.6 is 0 Å². The molecule has 0 aliphatic rings. The van der Waals surface area contributed by atoms with Crippen LogP contribution in [0.25, 0.3) is 10.9 Å². The smallest absolute Gasteiger partial charge is 0.138 e. The highest BCUT2D eigenvalue weighted by atomic mass is 16.5. The van der Waals surface area contributed by atoms with E-state index in [-0.39, 0.29) is 0 Å². The molecule has 0 saturated carbocycles. The van der Waals surface area contributed by atoms with Crippen LogP contribution in [0.4, 0.5) is 5.82 Å². The number of nitrogens with zero attached hydrogens (tertiary/aromatic N) is 3. The third kappa shape index (κ3) is 3.04. The number of aromatic amines is 1. The van der Waals surface area contributed by atoms with E-state index in [0.29, 0.717) is 39.5 Å². The zero-order chi connectivity index (χ0) is 17.8. The quantitative estimate of drug-likeness (QED) is 0.714. The number of pyridine rings is 1. The lowest BCUT2D eigenvalue weighted by Crippen LogP contribution is -1.95. The molecule has 124 valence electrons. The second-order valence-electron chi connectivity index (χ2n) is 5.06. The van der Waals surface area contributed by atoms with Crippen molar-refractivity contribution in [2.75, 3.05) is 26.6 Å². The normalized spacial score (nSPS) is 9.84. The molecule has 0 aliphatic carbocycles. The number of aromatic nitrogens is 3. The molecule has 3 rings (SSSR count). The summed E-state index contributed by atoms with van der Waals surface area (Å²) in [6.45, 7) is 0. The van der Waals surface area contributed by atoms with E-state index in [1.807, 2.05) is 12.1 Å². The number of nitriles is 1. The number of nitrogens with one attached hydrogen (secondary N) is 2. The summed E-state index contributed by atoms with van der Waals surface area (Å²) in [5, 5.41) is 20.0. The van der Waals surface area contributed by atoms with Gasteiger partial charge in [-0.3, -0.25) is 5.10 Å². The zero-order valence-corrected chi connectivity index (χ0v) is 14.0. The van der Waals surface area contributed by atoms with Crippen molar-refractivity contribution in [2.24, 2.45) is 0 Å². The molecule has 25 heavy (non-hydrogen) atoms. The lowest BCUT2D eigenvalue weighted by Gasteiger charge is -2.04. The van der Waals surface area contributed by atoms with Gasteiger partial charge in [-0.25, -0.2) is 4.98 Å². The topological polar surface area (TPSA) is 95.9 Å². The van der Waals surface area contributed by atoms with Crippen LogP contribution in [0.1, 0.15) is 16.8 Å². The van der Waals surface area contributed by atoms with Gasteiger partial charge >= 0.3 is 0 Å². The van der Waals surface area contributed by atoms with Gasteiger partial charge in [0.25, 0.3) is 0 Å². The molecule has 0 fully saturated rings. The van der Waals surface area contributed by atoms with Crippen LogP contribution in [-0.4, -0.2) is 36.4 Å². The molecular weight excluding hydrogens is 318 g/mol. The van der Waals surface area contributed by atoms with Crippen LogP contribution in [0, 0.1) is 23.2 Å². The van der Waals surface area contributed by atoms with E-state index >= 15 is 0 Å². The van der Waals surface area contributed by atoms with E-state index in [0.717, 1.165) is 5.56 Å². The van der Waals surface area contributed by atoms with Gasteiger partial charge in [-0.2, -0.15) is 10.4 Å². The Bertz CT molecular complexity index is 1020. The van der Waals surface area contributed by atoms with Gasteiger partial charge < -0.3 is 14.8 Å². The standard InChI is InChI=1S/C18H15N5O2/c1-20-18-16-15(22-23-17(16)12(9-19)10-21-18)5-4-11-6-13(24-2)8-14(7-11)25-3/h6-8,10H,1-3H3,(H,20,21)(H,22,23). The highest BCUT2D eigenvalue weighted by Gasteiger charge is 2.13. The SMILES string of the molecule is CNc1ncc(C#N)c2n[nH]c(C#Cc3cc(OC)cc(OC)c3)c12. The first-order valence-corrected chi connectivity index (χ1v) is 7.40. The van der Waals surface area contributed by atoms with E-state index in [2.05, 4.69) is 38.4 Å². The number of H-pyrrole nitrogens is 1. The van der Waals surface area contributed by atoms with Crippen LogP contribution < -0.4 is 14.8 Å². The van der Waals surface area contributed by atoms with Crippen molar-refractivity contribution >= 4 is 16.7 Å². The molecule has 7 nitrogen and oxygen atoms in total. The van der Waals surface area contributed by atoms with E-state index < -0.39 is 0 Å². The molecule has 1 aromatic carbocycles. The fourth-order valence-corrected chi connectivity index (χ4v) is 2.40. The lowest BCUT2D eigenvalue weighted by atomic mass is 10.1. The van der Waals surface area contributed by atoms with Gasteiger partial charge in [0.15, 0.2) is 0 Å². The number of fused-ring (bicyclic) bond motifs is 1. The third-order valence-corrected chi connectivity index (χ3v) is 3.62. The van der Waals surface area contributed by atoms with Crippen LogP contribution in [0.3, 0.4) is 0 Å². The predicted molar refractivity (Wildman–Crippen MR) is 93.7 cm³/mol. The average molecular weight is 333 g/mol. The van der Waals surface area contributed by atoms with Crippen LogP contribution in [-0.2, 0) is 0 Å². The summed E-state index contributed by atoms with van der Waals surface area (Å²) in [6, 6.07) is 7.48. The highest BCUT2D eigenvalue weighted by Crippen LogP contribution is 2.25. The van der Waals surface area contributed by atoms with Crippen molar-refractivity contribution < 1.29 is 9.47 Å². The maximum atomic E-state index is 9.20. The number of methoxy groups -OCH3 is 2. The summed E-state index contributed by atoms with van der Waals surface area (Å²) >= 11 is 0. The third-order valence-electron chi connectivity index (χ3n) is 3.62. The molecule has 0 spiro atoms. The van der Waals surface area contributed by atoms with Crippen molar-refractivity contribution in [2.45, 2.75) is 0 Å². The Morgan fingerprint density at radius 1 is 1.12 bits per heavy atom. The lowest BCUT2D eigenvalue weighted by molar-refractivity contribution is 0.394. The second-order valence-corrected chi connectivity index (χ2v) is 5.06. The van der Waals surface area contributed by atoms with E-state index in [4.69, 9.17) is 9.47 Å². The molecule has 0 atom stereocenters. The number of rotatable bonds is 3. The van der Waals surface area contributed by atoms with Crippen molar-refractivity contribution in [1.82, 2.24) is 15.2 Å². The Balaban J connectivity index is 2.12. The summed E-state index contributed by atoms with van der Waals surface area (Å²) in [6.07, 6.45) is 1.49. The fraction of sp³-hybridized carbons (Fsp3) is 0.167. The summed E-state index contributed by atoms with van der Waals surface area (Å²) in [5.74, 6) is 8.02. The zero-order valence-electron chi connectivity index (χ0n) is 14.0. The first-order valence-electron chi connectivity index (χ1n) is 7.40. The van der Waals surface area contributed by atoms with Crippen molar-refractivity contribution in [3.05, 3.63) is 41.2 Å². The van der Waals surface area contributed by atoms with Gasteiger partial charge in [-0.05, 0) is 18.1 Å². The van der Waals surface area contributed by atoms with Crippen molar-refractivity contribution in [3.63, 3.8) is 0 Å². The first kappa shape index (κ1) is 16.2. The molecular formula is C18H15N5O2. The Morgan fingerprint density at radius 3 is 2.44 bits per heavy atom. The number of hydrogen-bond donors (Lipinski definition) is 2. The minimum absolute atomic E-state index is 0.390. The van der Waals surface area contributed by atoms with Gasteiger partial charge in [0.05, 0.1) is 25.2 Å². The molecule has 3 aromatic rings. The van der Waals surface area contributed by atoms with Gasteiger partial charge in [0, 0.05) is 24.9 Å². The van der Waals surface area contributed by atoms with Gasteiger partial charge in [-0.1, -0.05) is 5.92 Å². The van der Waals surface area contributed by atoms with Gasteiger partial charge in [0.2, 0.25) is 0 Å². The monoisotopic (exact) mass is 333 g/mol. The maximum Gasteiger partial charge on any atom is 0.138 e. The Morgan fingerprint density at radius 2 is 1.84 bits per heavy atom. The second kappa shape index (κ2) is 6.81. The Labute approximate surface area is 144 Å². The molecule has 0 bridgehead atoms. The summed E-state index contributed by atoms with van der Waals surface area (Å²) < 4.78 is 10.5. The molecule has 7 heteroatoms. The molecule has 0 radical (unpaired) electrons. The average Bonchev–Trinajstić information content (AvgIpc) is 3.09. The molecule has 2 N–H and O–H groups in total. The largest absolute Gasteiger partial charge is 0.497 e. The van der Waals surface area contributed by atoms with Crippen molar-refractivity contribution in [1.29, 1.82) is 5.26 Å². The van der Waals surface area contributed by atoms with E-state index in [1.165, 1.54) is 6.20 Å².